The molecule has 180 valence electrons. The first-order chi connectivity index (χ1) is 16.0. The van der Waals surface area contributed by atoms with Crippen molar-refractivity contribution >= 4 is 29.5 Å². The normalized spacial score (nSPS) is 30.9. The molecule has 3 fully saturated rings. The summed E-state index contributed by atoms with van der Waals surface area (Å²) in [6.07, 6.45) is 4.20. The highest BCUT2D eigenvalue weighted by Crippen LogP contribution is 2.67. The number of rotatable bonds is 10. The third-order valence-corrected chi connectivity index (χ3v) is 9.31. The molecule has 2 unspecified atom stereocenters. The Morgan fingerprint density at radius 1 is 1.15 bits per heavy atom. The van der Waals surface area contributed by atoms with Gasteiger partial charge in [-0.25, -0.2) is 0 Å². The van der Waals surface area contributed by atoms with Crippen LogP contribution in [0.3, 0.4) is 0 Å². The summed E-state index contributed by atoms with van der Waals surface area (Å²) in [4.78, 5) is 42.4. The summed E-state index contributed by atoms with van der Waals surface area (Å²) in [5.74, 6) is -1.41. The van der Waals surface area contributed by atoms with E-state index in [1.54, 1.807) is 16.7 Å². The zero-order valence-corrected chi connectivity index (χ0v) is 20.3. The number of unbranched alkanes of at least 4 members (excludes halogenated alkanes) is 1. The summed E-state index contributed by atoms with van der Waals surface area (Å²) in [5.41, 5.74) is 0.794. The molecule has 6 atom stereocenters. The van der Waals surface area contributed by atoms with Gasteiger partial charge in [0.25, 0.3) is 0 Å². The molecule has 3 N–H and O–H groups in total. The first kappa shape index (κ1) is 24.1. The zero-order chi connectivity index (χ0) is 23.6. The summed E-state index contributed by atoms with van der Waals surface area (Å²) in [5, 5.41) is 16.5. The molecule has 1 spiro atoms. The SMILES string of the molecule is CCCCNC(=O)C1N([C@H](CO)c2ccccc2)C(=O)[C@@H]2[C@H](C(=O)NCCC)[C@@H]3CCC12S3. The topological polar surface area (TPSA) is 98.7 Å². The Hall–Kier alpha value is -2.06. The van der Waals surface area contributed by atoms with Crippen LogP contribution in [0.2, 0.25) is 0 Å². The molecule has 1 aromatic rings. The van der Waals surface area contributed by atoms with Crippen LogP contribution in [-0.2, 0) is 14.4 Å². The molecule has 8 heteroatoms. The first-order valence-corrected chi connectivity index (χ1v) is 13.1. The van der Waals surface area contributed by atoms with Crippen molar-refractivity contribution in [1.29, 1.82) is 0 Å². The number of fused-ring (bicyclic) bond motifs is 1. The number of hydrogen-bond donors (Lipinski definition) is 3. The van der Waals surface area contributed by atoms with Crippen LogP contribution in [0.25, 0.3) is 0 Å². The van der Waals surface area contributed by atoms with Gasteiger partial charge in [0.2, 0.25) is 17.7 Å². The molecule has 3 amide bonds. The minimum Gasteiger partial charge on any atom is -0.394 e. The van der Waals surface area contributed by atoms with Crippen molar-refractivity contribution in [3.8, 4) is 0 Å². The maximum atomic E-state index is 14.0. The maximum absolute atomic E-state index is 14.0. The second-order valence-electron chi connectivity index (χ2n) is 9.35. The number of aliphatic hydroxyl groups excluding tert-OH is 1. The zero-order valence-electron chi connectivity index (χ0n) is 19.5. The van der Waals surface area contributed by atoms with E-state index in [-0.39, 0.29) is 29.6 Å². The van der Waals surface area contributed by atoms with Crippen LogP contribution >= 0.6 is 11.8 Å². The van der Waals surface area contributed by atoms with Crippen molar-refractivity contribution in [3.05, 3.63) is 35.9 Å². The Bertz CT molecular complexity index is 882. The number of thioether (sulfide) groups is 1. The standard InChI is InChI=1S/C25H35N3O4S/c1-3-5-14-27-23(31)21-25-12-11-18(33-25)19(22(30)26-13-4-2)20(25)24(32)28(21)17(15-29)16-9-7-6-8-10-16/h6-10,17-21,29H,3-5,11-15H2,1-2H3,(H,26,30)(H,27,31)/t17-,18+,19-,20+,21?,25?/m1/s1. The lowest BCUT2D eigenvalue weighted by molar-refractivity contribution is -0.143. The number of hydrogen-bond acceptors (Lipinski definition) is 5. The highest BCUT2D eigenvalue weighted by molar-refractivity contribution is 8.02. The summed E-state index contributed by atoms with van der Waals surface area (Å²) in [7, 11) is 0. The van der Waals surface area contributed by atoms with Crippen LogP contribution in [0, 0.1) is 11.8 Å². The van der Waals surface area contributed by atoms with Crippen LogP contribution in [0.5, 0.6) is 0 Å². The second kappa shape index (κ2) is 10.1. The van der Waals surface area contributed by atoms with Gasteiger partial charge in [-0.3, -0.25) is 14.4 Å². The molecule has 0 aliphatic carbocycles. The van der Waals surface area contributed by atoms with Gasteiger partial charge in [0.15, 0.2) is 0 Å². The van der Waals surface area contributed by atoms with Crippen molar-refractivity contribution in [2.75, 3.05) is 19.7 Å². The van der Waals surface area contributed by atoms with E-state index >= 15 is 0 Å². The summed E-state index contributed by atoms with van der Waals surface area (Å²) >= 11 is 1.66. The van der Waals surface area contributed by atoms with Crippen molar-refractivity contribution in [2.45, 2.75) is 68.0 Å². The fourth-order valence-electron chi connectivity index (χ4n) is 5.91. The number of aliphatic hydroxyl groups is 1. The summed E-state index contributed by atoms with van der Waals surface area (Å²) in [6.45, 7) is 4.92. The van der Waals surface area contributed by atoms with Gasteiger partial charge in [-0.2, -0.15) is 0 Å². The van der Waals surface area contributed by atoms with Crippen LogP contribution < -0.4 is 10.6 Å². The molecule has 4 rings (SSSR count). The quantitative estimate of drug-likeness (QED) is 0.453. The monoisotopic (exact) mass is 473 g/mol. The van der Waals surface area contributed by atoms with Gasteiger partial charge in [-0.15, -0.1) is 11.8 Å². The van der Waals surface area contributed by atoms with Gasteiger partial charge in [-0.1, -0.05) is 50.6 Å². The molecule has 3 heterocycles. The van der Waals surface area contributed by atoms with Crippen molar-refractivity contribution in [2.24, 2.45) is 11.8 Å². The fourth-order valence-corrected chi connectivity index (χ4v) is 8.11. The largest absolute Gasteiger partial charge is 0.394 e. The summed E-state index contributed by atoms with van der Waals surface area (Å²) < 4.78 is -0.630. The molecule has 0 aromatic heterocycles. The highest BCUT2D eigenvalue weighted by atomic mass is 32.2. The predicted molar refractivity (Wildman–Crippen MR) is 128 cm³/mol. The molecule has 7 nitrogen and oxygen atoms in total. The Balaban J connectivity index is 1.73. The minimum atomic E-state index is -0.705. The second-order valence-corrected chi connectivity index (χ2v) is 10.9. The van der Waals surface area contributed by atoms with Gasteiger partial charge >= 0.3 is 0 Å². The van der Waals surface area contributed by atoms with Crippen LogP contribution in [-0.4, -0.2) is 63.5 Å². The van der Waals surface area contributed by atoms with E-state index in [4.69, 9.17) is 0 Å². The average molecular weight is 474 g/mol. The number of amides is 3. The van der Waals surface area contributed by atoms with E-state index < -0.39 is 28.7 Å². The van der Waals surface area contributed by atoms with Gasteiger partial charge in [0.05, 0.1) is 29.2 Å². The molecule has 0 radical (unpaired) electrons. The smallest absolute Gasteiger partial charge is 0.244 e. The van der Waals surface area contributed by atoms with E-state index in [9.17, 15) is 19.5 Å². The number of likely N-dealkylation sites (tertiary alicyclic amines) is 1. The lowest BCUT2D eigenvalue weighted by Crippen LogP contribution is -2.54. The van der Waals surface area contributed by atoms with E-state index in [0.717, 1.165) is 37.7 Å². The van der Waals surface area contributed by atoms with E-state index in [0.29, 0.717) is 13.1 Å². The maximum Gasteiger partial charge on any atom is 0.244 e. The highest BCUT2D eigenvalue weighted by Gasteiger charge is 2.74. The van der Waals surface area contributed by atoms with Gasteiger partial charge < -0.3 is 20.6 Å². The molecule has 0 saturated carbocycles. The van der Waals surface area contributed by atoms with E-state index in [1.807, 2.05) is 37.3 Å². The Kier molecular flexibility index (Phi) is 7.34. The number of benzene rings is 1. The van der Waals surface area contributed by atoms with Gasteiger partial charge in [-0.05, 0) is 31.2 Å². The Morgan fingerprint density at radius 3 is 2.55 bits per heavy atom. The predicted octanol–water partition coefficient (Wildman–Crippen LogP) is 2.25. The lowest BCUT2D eigenvalue weighted by atomic mass is 9.70. The van der Waals surface area contributed by atoms with Crippen LogP contribution in [0.15, 0.2) is 30.3 Å². The van der Waals surface area contributed by atoms with E-state index in [1.165, 1.54) is 0 Å². The number of carbonyl (C=O) groups is 3. The molecule has 33 heavy (non-hydrogen) atoms. The molecule has 2 bridgehead atoms. The fraction of sp³-hybridized carbons (Fsp3) is 0.640. The molecule has 3 aliphatic rings. The van der Waals surface area contributed by atoms with Gasteiger partial charge in [0, 0.05) is 18.3 Å². The van der Waals surface area contributed by atoms with Crippen molar-refractivity contribution < 1.29 is 19.5 Å². The Labute approximate surface area is 200 Å². The molecule has 3 saturated heterocycles. The third-order valence-electron chi connectivity index (χ3n) is 7.36. The molecule has 1 aromatic carbocycles. The van der Waals surface area contributed by atoms with E-state index in [2.05, 4.69) is 17.6 Å². The molecule has 3 aliphatic heterocycles. The average Bonchev–Trinajstić information content (AvgIpc) is 3.47. The third kappa shape index (κ3) is 4.05. The first-order valence-electron chi connectivity index (χ1n) is 12.2. The minimum absolute atomic E-state index is 0.0493. The number of carbonyl (C=O) groups excluding carboxylic acids is 3. The number of nitrogens with one attached hydrogen (secondary N) is 2. The number of nitrogens with zero attached hydrogens (tertiary/aromatic N) is 1. The molecular formula is C25H35N3O4S. The lowest BCUT2D eigenvalue weighted by Gasteiger charge is -2.37. The van der Waals surface area contributed by atoms with Crippen molar-refractivity contribution in [1.82, 2.24) is 15.5 Å². The van der Waals surface area contributed by atoms with Gasteiger partial charge in [0.1, 0.15) is 6.04 Å². The van der Waals surface area contributed by atoms with Crippen molar-refractivity contribution in [3.63, 3.8) is 0 Å². The Morgan fingerprint density at radius 2 is 1.88 bits per heavy atom. The van der Waals surface area contributed by atoms with Crippen LogP contribution in [0.4, 0.5) is 0 Å². The van der Waals surface area contributed by atoms with Crippen LogP contribution in [0.1, 0.15) is 57.6 Å². The summed E-state index contributed by atoms with van der Waals surface area (Å²) in [6, 6.07) is 8.05. The molecular weight excluding hydrogens is 438 g/mol.